The van der Waals surface area contributed by atoms with E-state index in [9.17, 15) is 9.59 Å². The Labute approximate surface area is 193 Å². The predicted octanol–water partition coefficient (Wildman–Crippen LogP) is 3.70. The minimum Gasteiger partial charge on any atom is -0.353 e. The zero-order valence-corrected chi connectivity index (χ0v) is 18.6. The summed E-state index contributed by atoms with van der Waals surface area (Å²) < 4.78 is 0. The lowest BCUT2D eigenvalue weighted by Crippen LogP contribution is -2.49. The van der Waals surface area contributed by atoms with Crippen molar-refractivity contribution in [3.8, 4) is 11.4 Å². The van der Waals surface area contributed by atoms with Crippen LogP contribution in [-0.4, -0.2) is 52.9 Å². The lowest BCUT2D eigenvalue weighted by Gasteiger charge is -2.35. The molecule has 168 valence electrons. The van der Waals surface area contributed by atoms with Crippen LogP contribution in [0.2, 0.25) is 0 Å². The van der Waals surface area contributed by atoms with Crippen molar-refractivity contribution in [1.82, 2.24) is 14.9 Å². The number of anilines is 2. The van der Waals surface area contributed by atoms with Gasteiger partial charge in [0.25, 0.3) is 5.91 Å². The molecule has 7 heteroatoms. The number of carbonyl (C=O) groups excluding carboxylic acids is 2. The Kier molecular flexibility index (Phi) is 5.77. The summed E-state index contributed by atoms with van der Waals surface area (Å²) in [6.07, 6.45) is 2.72. The van der Waals surface area contributed by atoms with E-state index in [2.05, 4.69) is 22.1 Å². The number of benzene rings is 2. The molecule has 1 N–H and O–H groups in total. The summed E-state index contributed by atoms with van der Waals surface area (Å²) in [5, 5.41) is 2.95. The second-order valence-corrected chi connectivity index (χ2v) is 8.77. The molecule has 1 saturated carbocycles. The van der Waals surface area contributed by atoms with Gasteiger partial charge in [0.2, 0.25) is 5.91 Å². The van der Waals surface area contributed by atoms with E-state index in [0.29, 0.717) is 49.2 Å². The summed E-state index contributed by atoms with van der Waals surface area (Å²) in [6.45, 7) is 4.70. The van der Waals surface area contributed by atoms with Gasteiger partial charge in [-0.2, -0.15) is 0 Å². The van der Waals surface area contributed by atoms with E-state index in [1.807, 2.05) is 53.4 Å². The van der Waals surface area contributed by atoms with Crippen LogP contribution in [0.1, 0.15) is 23.7 Å². The number of nitrogens with zero attached hydrogens (tertiary/aromatic N) is 4. The van der Waals surface area contributed by atoms with Crippen LogP contribution in [0, 0.1) is 11.8 Å². The number of rotatable bonds is 5. The number of amides is 2. The maximum absolute atomic E-state index is 13.1. The first-order valence-electron chi connectivity index (χ1n) is 11.4. The van der Waals surface area contributed by atoms with Crippen LogP contribution in [-0.2, 0) is 4.79 Å². The number of piperazine rings is 1. The lowest BCUT2D eigenvalue weighted by atomic mass is 10.1. The van der Waals surface area contributed by atoms with Crippen molar-refractivity contribution in [2.24, 2.45) is 11.8 Å². The van der Waals surface area contributed by atoms with Crippen molar-refractivity contribution >= 4 is 23.3 Å². The van der Waals surface area contributed by atoms with Crippen molar-refractivity contribution in [3.05, 3.63) is 72.4 Å². The third-order valence-electron chi connectivity index (χ3n) is 6.39. The molecular weight excluding hydrogens is 414 g/mol. The second kappa shape index (κ2) is 9.02. The van der Waals surface area contributed by atoms with Crippen molar-refractivity contribution in [2.75, 3.05) is 36.4 Å². The van der Waals surface area contributed by atoms with Crippen LogP contribution < -0.4 is 10.2 Å². The van der Waals surface area contributed by atoms with Crippen LogP contribution in [0.4, 0.5) is 11.5 Å². The molecule has 2 amide bonds. The van der Waals surface area contributed by atoms with Gasteiger partial charge in [-0.05, 0) is 36.6 Å². The zero-order chi connectivity index (χ0) is 22.8. The van der Waals surface area contributed by atoms with Crippen molar-refractivity contribution in [1.29, 1.82) is 0 Å². The molecule has 2 fully saturated rings. The smallest absolute Gasteiger partial charge is 0.254 e. The SMILES string of the molecule is CC1CC1C(=O)Nc1cccc(C(=O)N2CCN(c3ccnc(-c4ccccc4)n3)CC2)c1. The fourth-order valence-electron chi connectivity index (χ4n) is 4.23. The van der Waals surface area contributed by atoms with E-state index >= 15 is 0 Å². The Hall–Kier alpha value is -3.74. The summed E-state index contributed by atoms with van der Waals surface area (Å²) in [5.41, 5.74) is 2.26. The normalized spacial score (nSPS) is 19.8. The first-order chi connectivity index (χ1) is 16.1. The molecule has 5 rings (SSSR count). The predicted molar refractivity (Wildman–Crippen MR) is 128 cm³/mol. The molecule has 1 aliphatic heterocycles. The van der Waals surface area contributed by atoms with Gasteiger partial charge >= 0.3 is 0 Å². The molecule has 2 heterocycles. The van der Waals surface area contributed by atoms with E-state index in [0.717, 1.165) is 17.8 Å². The maximum atomic E-state index is 13.1. The summed E-state index contributed by atoms with van der Waals surface area (Å²) in [4.78, 5) is 38.5. The van der Waals surface area contributed by atoms with Crippen molar-refractivity contribution in [2.45, 2.75) is 13.3 Å². The van der Waals surface area contributed by atoms with Gasteiger partial charge in [-0.15, -0.1) is 0 Å². The number of hydrogen-bond acceptors (Lipinski definition) is 5. The van der Waals surface area contributed by atoms with E-state index < -0.39 is 0 Å². The fraction of sp³-hybridized carbons (Fsp3) is 0.308. The molecule has 33 heavy (non-hydrogen) atoms. The molecule has 2 aliphatic rings. The molecule has 0 radical (unpaired) electrons. The van der Waals surface area contributed by atoms with Gasteiger partial charge in [0.1, 0.15) is 5.82 Å². The molecule has 0 bridgehead atoms. The minimum atomic E-state index is -0.0156. The van der Waals surface area contributed by atoms with Gasteiger partial charge in [0.05, 0.1) is 0 Å². The van der Waals surface area contributed by atoms with Gasteiger partial charge in [0, 0.05) is 55.1 Å². The van der Waals surface area contributed by atoms with Crippen LogP contribution >= 0.6 is 0 Å². The highest BCUT2D eigenvalue weighted by Crippen LogP contribution is 2.38. The largest absolute Gasteiger partial charge is 0.353 e. The molecule has 3 aromatic rings. The highest BCUT2D eigenvalue weighted by molar-refractivity contribution is 5.98. The number of nitrogens with one attached hydrogen (secondary N) is 1. The van der Waals surface area contributed by atoms with E-state index in [1.165, 1.54) is 0 Å². The van der Waals surface area contributed by atoms with Gasteiger partial charge in [0.15, 0.2) is 5.82 Å². The maximum Gasteiger partial charge on any atom is 0.254 e. The van der Waals surface area contributed by atoms with Crippen molar-refractivity contribution in [3.63, 3.8) is 0 Å². The van der Waals surface area contributed by atoms with E-state index in [4.69, 9.17) is 4.98 Å². The average molecular weight is 442 g/mol. The Morgan fingerprint density at radius 2 is 1.73 bits per heavy atom. The van der Waals surface area contributed by atoms with Crippen LogP contribution in [0.25, 0.3) is 11.4 Å². The number of aromatic nitrogens is 2. The minimum absolute atomic E-state index is 0.0156. The van der Waals surface area contributed by atoms with Crippen LogP contribution in [0.15, 0.2) is 66.9 Å². The lowest BCUT2D eigenvalue weighted by molar-refractivity contribution is -0.117. The number of hydrogen-bond donors (Lipinski definition) is 1. The standard InChI is InChI=1S/C26H27N5O2/c1-18-16-22(18)25(32)28-21-9-5-8-20(17-21)26(33)31-14-12-30(13-15-31)23-10-11-27-24(29-23)19-6-3-2-4-7-19/h2-11,17-18,22H,12-16H2,1H3,(H,28,32). The topological polar surface area (TPSA) is 78.4 Å². The molecule has 2 unspecified atom stereocenters. The molecule has 7 nitrogen and oxygen atoms in total. The summed E-state index contributed by atoms with van der Waals surface area (Å²) >= 11 is 0. The zero-order valence-electron chi connectivity index (χ0n) is 18.6. The average Bonchev–Trinajstić information content (AvgIpc) is 3.61. The molecule has 1 aliphatic carbocycles. The number of carbonyl (C=O) groups is 2. The molecule has 1 aromatic heterocycles. The Morgan fingerprint density at radius 3 is 2.45 bits per heavy atom. The van der Waals surface area contributed by atoms with Crippen LogP contribution in [0.3, 0.4) is 0 Å². The third-order valence-corrected chi connectivity index (χ3v) is 6.39. The van der Waals surface area contributed by atoms with Crippen molar-refractivity contribution < 1.29 is 9.59 Å². The molecule has 2 atom stereocenters. The van der Waals surface area contributed by atoms with Crippen LogP contribution in [0.5, 0.6) is 0 Å². The molecule has 0 spiro atoms. The molecular formula is C26H27N5O2. The van der Waals surface area contributed by atoms with Gasteiger partial charge in [-0.25, -0.2) is 9.97 Å². The highest BCUT2D eigenvalue weighted by atomic mass is 16.2. The Balaban J connectivity index is 1.21. The Morgan fingerprint density at radius 1 is 0.970 bits per heavy atom. The first-order valence-corrected chi connectivity index (χ1v) is 11.4. The second-order valence-electron chi connectivity index (χ2n) is 8.77. The quantitative estimate of drug-likeness (QED) is 0.653. The third kappa shape index (κ3) is 4.72. The van der Waals surface area contributed by atoms with E-state index in [1.54, 1.807) is 18.3 Å². The van der Waals surface area contributed by atoms with Gasteiger partial charge in [-0.3, -0.25) is 9.59 Å². The summed E-state index contributed by atoms with van der Waals surface area (Å²) in [5.74, 6) is 2.14. The first kappa shape index (κ1) is 21.1. The van der Waals surface area contributed by atoms with Gasteiger partial charge < -0.3 is 15.1 Å². The fourth-order valence-corrected chi connectivity index (χ4v) is 4.23. The monoisotopic (exact) mass is 441 g/mol. The van der Waals surface area contributed by atoms with E-state index in [-0.39, 0.29) is 17.7 Å². The van der Waals surface area contributed by atoms with Gasteiger partial charge in [-0.1, -0.05) is 43.3 Å². The molecule has 2 aromatic carbocycles. The summed E-state index contributed by atoms with van der Waals surface area (Å²) in [7, 11) is 0. The highest BCUT2D eigenvalue weighted by Gasteiger charge is 2.39. The Bertz CT molecular complexity index is 1160. The molecule has 1 saturated heterocycles. The summed E-state index contributed by atoms with van der Waals surface area (Å²) in [6, 6.07) is 19.1.